The van der Waals surface area contributed by atoms with Crippen molar-refractivity contribution in [2.24, 2.45) is 0 Å². The molecule has 2 fully saturated rings. The Morgan fingerprint density at radius 1 is 1.34 bits per heavy atom. The molecule has 2 saturated heterocycles. The van der Waals surface area contributed by atoms with Crippen LogP contribution in [-0.2, 0) is 23.9 Å². The van der Waals surface area contributed by atoms with Gasteiger partial charge in [0.15, 0.2) is 11.2 Å². The molecule has 4 N–H and O–H groups in total. The first-order valence-corrected chi connectivity index (χ1v) is 12.1. The fraction of sp³-hybridized carbons (Fsp3) is 0.421. The fourth-order valence-electron chi connectivity index (χ4n) is 3.90. The predicted octanol–water partition coefficient (Wildman–Crippen LogP) is -0.610. The Bertz CT molecular complexity index is 1180. The number of hydrogen-bond acceptors (Lipinski definition) is 11. The van der Waals surface area contributed by atoms with E-state index < -0.39 is 46.9 Å². The molecule has 0 bridgehead atoms. The van der Waals surface area contributed by atoms with E-state index >= 15 is 0 Å². The zero-order chi connectivity index (χ0) is 25.6. The summed E-state index contributed by atoms with van der Waals surface area (Å²) >= 11 is 2.20. The predicted molar refractivity (Wildman–Crippen MR) is 123 cm³/mol. The van der Waals surface area contributed by atoms with Crippen molar-refractivity contribution in [1.82, 2.24) is 24.8 Å². The Balaban J connectivity index is 1.68. The molecule has 3 aliphatic heterocycles. The molecular weight excluding hydrogens is 502 g/mol. The second-order valence-electron chi connectivity index (χ2n) is 7.82. The number of aliphatic carboxylic acids is 1. The van der Waals surface area contributed by atoms with Crippen LogP contribution in [0.2, 0.25) is 0 Å². The highest BCUT2D eigenvalue weighted by Crippen LogP contribution is 2.43. The first-order chi connectivity index (χ1) is 16.5. The van der Waals surface area contributed by atoms with Gasteiger partial charge in [0.1, 0.15) is 29.1 Å². The SMILES string of the molecule is CC(=O)OCC1=C(C(=O)O)N2C(=O)C(N(C(=O)C(=N)c3csc(N)n3)N3CCN(C)C3=O)C2SC1. The molecule has 0 aliphatic carbocycles. The molecule has 4 rings (SSSR count). The molecule has 0 spiro atoms. The van der Waals surface area contributed by atoms with Crippen LogP contribution < -0.4 is 5.73 Å². The maximum Gasteiger partial charge on any atom is 0.352 e. The summed E-state index contributed by atoms with van der Waals surface area (Å²) in [6.07, 6.45) is 0. The monoisotopic (exact) mass is 523 g/mol. The number of nitrogen functional groups attached to an aromatic ring is 1. The van der Waals surface area contributed by atoms with Gasteiger partial charge in [0.2, 0.25) is 0 Å². The van der Waals surface area contributed by atoms with E-state index in [0.29, 0.717) is 0 Å². The number of carbonyl (C=O) groups excluding carboxylic acids is 4. The van der Waals surface area contributed by atoms with Gasteiger partial charge in [-0.25, -0.2) is 24.6 Å². The second-order valence-corrected chi connectivity index (χ2v) is 9.81. The first-order valence-electron chi connectivity index (χ1n) is 10.2. The van der Waals surface area contributed by atoms with E-state index in [-0.39, 0.29) is 47.5 Å². The van der Waals surface area contributed by atoms with Gasteiger partial charge in [0.25, 0.3) is 11.8 Å². The summed E-state index contributed by atoms with van der Waals surface area (Å²) in [5.74, 6) is -3.54. The van der Waals surface area contributed by atoms with Gasteiger partial charge in [-0.05, 0) is 0 Å². The number of likely N-dealkylation sites (N-methyl/N-ethyl adjacent to an activating group) is 1. The van der Waals surface area contributed by atoms with Crippen LogP contribution in [-0.4, -0.2) is 109 Å². The molecule has 1 aromatic rings. The normalized spacial score (nSPS) is 21.6. The number of thiazole rings is 1. The van der Waals surface area contributed by atoms with Crippen molar-refractivity contribution >= 4 is 63.7 Å². The average molecular weight is 524 g/mol. The molecule has 0 radical (unpaired) electrons. The number of amides is 4. The maximum absolute atomic E-state index is 13.5. The minimum atomic E-state index is -1.38. The van der Waals surface area contributed by atoms with Gasteiger partial charge in [0.05, 0.1) is 6.54 Å². The van der Waals surface area contributed by atoms with Gasteiger partial charge < -0.3 is 20.5 Å². The summed E-state index contributed by atoms with van der Waals surface area (Å²) in [5, 5.41) is 20.9. The van der Waals surface area contributed by atoms with Crippen molar-refractivity contribution in [3.63, 3.8) is 0 Å². The number of carboxylic acid groups (broad SMARTS) is 1. The number of hydrazine groups is 1. The number of anilines is 1. The molecule has 4 amide bonds. The molecular formula is C19H21N7O7S2. The number of nitrogens with zero attached hydrogens (tertiary/aromatic N) is 5. The molecule has 14 nitrogen and oxygen atoms in total. The van der Waals surface area contributed by atoms with Crippen LogP contribution in [0.3, 0.4) is 0 Å². The lowest BCUT2D eigenvalue weighted by atomic mass is 10.0. The number of β-lactam (4-membered cyclic amide) rings is 1. The van der Waals surface area contributed by atoms with E-state index in [1.807, 2.05) is 0 Å². The molecule has 2 atom stereocenters. The van der Waals surface area contributed by atoms with Gasteiger partial charge in [-0.15, -0.1) is 23.1 Å². The van der Waals surface area contributed by atoms with E-state index in [0.717, 1.165) is 26.3 Å². The van der Waals surface area contributed by atoms with Gasteiger partial charge in [-0.2, -0.15) is 0 Å². The summed E-state index contributed by atoms with van der Waals surface area (Å²) in [6, 6.07) is -1.77. The molecule has 3 aliphatic rings. The number of thioether (sulfide) groups is 1. The van der Waals surface area contributed by atoms with Crippen LogP contribution in [0.15, 0.2) is 16.7 Å². The highest BCUT2D eigenvalue weighted by Gasteiger charge is 2.59. The number of aromatic nitrogens is 1. The third kappa shape index (κ3) is 4.18. The van der Waals surface area contributed by atoms with Crippen molar-refractivity contribution < 1.29 is 33.8 Å². The zero-order valence-electron chi connectivity index (χ0n) is 18.6. The second kappa shape index (κ2) is 9.18. The molecule has 4 heterocycles. The van der Waals surface area contributed by atoms with Crippen molar-refractivity contribution in [1.29, 1.82) is 5.41 Å². The number of hydrogen-bond donors (Lipinski definition) is 3. The van der Waals surface area contributed by atoms with Crippen LogP contribution in [0.1, 0.15) is 12.6 Å². The first kappa shape index (κ1) is 24.5. The number of rotatable bonds is 7. The number of nitrogens with one attached hydrogen (secondary N) is 1. The van der Waals surface area contributed by atoms with E-state index in [4.69, 9.17) is 15.9 Å². The van der Waals surface area contributed by atoms with Crippen molar-refractivity contribution in [3.05, 3.63) is 22.3 Å². The number of urea groups is 1. The lowest BCUT2D eigenvalue weighted by Gasteiger charge is -2.53. The molecule has 16 heteroatoms. The van der Waals surface area contributed by atoms with Gasteiger partial charge in [-0.3, -0.25) is 24.7 Å². The van der Waals surface area contributed by atoms with Gasteiger partial charge in [0, 0.05) is 37.2 Å². The van der Waals surface area contributed by atoms with Crippen molar-refractivity contribution in [3.8, 4) is 0 Å². The van der Waals surface area contributed by atoms with Crippen molar-refractivity contribution in [2.45, 2.75) is 18.3 Å². The molecule has 1 aromatic heterocycles. The molecule has 186 valence electrons. The standard InChI is InChI=1S/C19H21N7O7S2/c1-8(27)33-5-9-6-34-16-13(15(29)25(16)12(9)17(30)31)26(24-4-3-23(2)19(24)32)14(28)11(20)10-7-35-18(21)22-10/h7,13,16,20H,3-6H2,1-2H3,(H2,21,22)(H,30,31). The van der Waals surface area contributed by atoms with E-state index in [1.54, 1.807) is 0 Å². The highest BCUT2D eigenvalue weighted by atomic mass is 32.2. The zero-order valence-corrected chi connectivity index (χ0v) is 20.2. The Labute approximate surface area is 206 Å². The minimum absolute atomic E-state index is 0.00258. The Morgan fingerprint density at radius 2 is 2.06 bits per heavy atom. The van der Waals surface area contributed by atoms with E-state index in [9.17, 15) is 29.1 Å². The van der Waals surface area contributed by atoms with Crippen LogP contribution in [0.25, 0.3) is 0 Å². The number of nitrogens with two attached hydrogens (primary N) is 1. The number of ether oxygens (including phenoxy) is 1. The summed E-state index contributed by atoms with van der Waals surface area (Å²) in [4.78, 5) is 69.0. The number of carboxylic acids is 1. The number of fused-ring (bicyclic) bond motifs is 1. The average Bonchev–Trinajstić information content (AvgIpc) is 3.39. The molecule has 0 saturated carbocycles. The topological polar surface area (TPSA) is 191 Å². The molecule has 2 unspecified atom stereocenters. The van der Waals surface area contributed by atoms with Crippen LogP contribution in [0.4, 0.5) is 9.93 Å². The molecule has 35 heavy (non-hydrogen) atoms. The van der Waals surface area contributed by atoms with E-state index in [1.165, 1.54) is 36.0 Å². The van der Waals surface area contributed by atoms with Gasteiger partial charge >= 0.3 is 18.0 Å². The maximum atomic E-state index is 13.5. The number of esters is 1. The third-order valence-corrected chi connectivity index (χ3v) is 7.59. The summed E-state index contributed by atoms with van der Waals surface area (Å²) in [7, 11) is 1.54. The van der Waals surface area contributed by atoms with Crippen LogP contribution in [0.5, 0.6) is 0 Å². The van der Waals surface area contributed by atoms with Crippen LogP contribution >= 0.6 is 23.1 Å². The fourth-order valence-corrected chi connectivity index (χ4v) is 5.82. The Kier molecular flexibility index (Phi) is 6.42. The molecule has 0 aromatic carbocycles. The summed E-state index contributed by atoms with van der Waals surface area (Å²) < 4.78 is 4.93. The Morgan fingerprint density at radius 3 is 2.60 bits per heavy atom. The number of carbonyl (C=O) groups is 5. The minimum Gasteiger partial charge on any atom is -0.477 e. The van der Waals surface area contributed by atoms with Crippen LogP contribution in [0, 0.1) is 5.41 Å². The summed E-state index contributed by atoms with van der Waals surface area (Å²) in [6.45, 7) is 1.27. The smallest absolute Gasteiger partial charge is 0.352 e. The third-order valence-electron chi connectivity index (χ3n) is 5.59. The largest absolute Gasteiger partial charge is 0.477 e. The lowest BCUT2D eigenvalue weighted by Crippen LogP contribution is -2.74. The highest BCUT2D eigenvalue weighted by molar-refractivity contribution is 8.00. The Hall–Kier alpha value is -3.66. The lowest BCUT2D eigenvalue weighted by molar-refractivity contribution is -0.169. The summed E-state index contributed by atoms with van der Waals surface area (Å²) in [5.41, 5.74) is 4.97. The van der Waals surface area contributed by atoms with Crippen molar-refractivity contribution in [2.75, 3.05) is 38.2 Å². The quantitative estimate of drug-likeness (QED) is 0.236. The van der Waals surface area contributed by atoms with Gasteiger partial charge in [-0.1, -0.05) is 0 Å². The van der Waals surface area contributed by atoms with E-state index in [2.05, 4.69) is 4.98 Å².